The van der Waals surface area contributed by atoms with Crippen molar-refractivity contribution in [1.29, 1.82) is 0 Å². The van der Waals surface area contributed by atoms with Gasteiger partial charge in [0.25, 0.3) is 5.91 Å². The van der Waals surface area contributed by atoms with Crippen molar-refractivity contribution in [3.8, 4) is 5.75 Å². The molecule has 24 heavy (non-hydrogen) atoms. The molecule has 0 aliphatic carbocycles. The maximum atomic E-state index is 12.5. The summed E-state index contributed by atoms with van der Waals surface area (Å²) in [5, 5.41) is 0. The van der Waals surface area contributed by atoms with Crippen LogP contribution >= 0.6 is 24.0 Å². The second kappa shape index (κ2) is 8.84. The SMILES string of the molecule is CCOC(=O)CCN1C(=O)/C(=C/c2ccccc2OCC)SC1=S. The molecule has 0 bridgehead atoms. The zero-order valence-corrected chi connectivity index (χ0v) is 15.2. The predicted molar refractivity (Wildman–Crippen MR) is 98.7 cm³/mol. The molecule has 0 unspecified atom stereocenters. The number of amides is 1. The molecule has 5 nitrogen and oxygen atoms in total. The highest BCUT2D eigenvalue weighted by molar-refractivity contribution is 8.26. The number of thioether (sulfide) groups is 1. The van der Waals surface area contributed by atoms with Crippen LogP contribution in [0.5, 0.6) is 5.75 Å². The Morgan fingerprint density at radius 1 is 1.29 bits per heavy atom. The van der Waals surface area contributed by atoms with Crippen LogP contribution < -0.4 is 4.74 Å². The summed E-state index contributed by atoms with van der Waals surface area (Å²) in [6, 6.07) is 7.51. The Bertz CT molecular complexity index is 672. The quantitative estimate of drug-likeness (QED) is 0.420. The van der Waals surface area contributed by atoms with Gasteiger partial charge in [-0.05, 0) is 26.0 Å². The van der Waals surface area contributed by atoms with Crippen molar-refractivity contribution in [2.24, 2.45) is 0 Å². The molecule has 0 spiro atoms. The third kappa shape index (κ3) is 4.58. The van der Waals surface area contributed by atoms with Crippen LogP contribution in [0.15, 0.2) is 29.2 Å². The molecule has 1 amide bonds. The molecule has 1 fully saturated rings. The van der Waals surface area contributed by atoms with E-state index in [2.05, 4.69) is 0 Å². The highest BCUT2D eigenvalue weighted by Gasteiger charge is 2.32. The fourth-order valence-corrected chi connectivity index (χ4v) is 3.46. The van der Waals surface area contributed by atoms with Crippen LogP contribution in [0.1, 0.15) is 25.8 Å². The number of hydrogen-bond acceptors (Lipinski definition) is 6. The van der Waals surface area contributed by atoms with Gasteiger partial charge in [0.1, 0.15) is 10.1 Å². The Kier molecular flexibility index (Phi) is 6.81. The lowest BCUT2D eigenvalue weighted by molar-refractivity contribution is -0.143. The minimum Gasteiger partial charge on any atom is -0.493 e. The number of nitrogens with zero attached hydrogens (tertiary/aromatic N) is 1. The van der Waals surface area contributed by atoms with Crippen LogP contribution in [0.2, 0.25) is 0 Å². The lowest BCUT2D eigenvalue weighted by Crippen LogP contribution is -2.30. The molecule has 0 N–H and O–H groups in total. The number of benzene rings is 1. The summed E-state index contributed by atoms with van der Waals surface area (Å²) >= 11 is 6.49. The van der Waals surface area contributed by atoms with Crippen LogP contribution in [0.3, 0.4) is 0 Å². The van der Waals surface area contributed by atoms with E-state index < -0.39 is 0 Å². The van der Waals surface area contributed by atoms with Crippen LogP contribution in [0.4, 0.5) is 0 Å². The fourth-order valence-electron chi connectivity index (χ4n) is 2.16. The maximum absolute atomic E-state index is 12.5. The number of carbonyl (C=O) groups is 2. The van der Waals surface area contributed by atoms with E-state index in [9.17, 15) is 9.59 Å². The molecule has 2 rings (SSSR count). The summed E-state index contributed by atoms with van der Waals surface area (Å²) in [7, 11) is 0. The van der Waals surface area contributed by atoms with Crippen molar-refractivity contribution < 1.29 is 19.1 Å². The molecular formula is C17H19NO4S2. The second-order valence-electron chi connectivity index (χ2n) is 4.86. The minimum absolute atomic E-state index is 0.128. The summed E-state index contributed by atoms with van der Waals surface area (Å²) in [6.45, 7) is 4.76. The van der Waals surface area contributed by atoms with Gasteiger partial charge in [0.15, 0.2) is 0 Å². The Hall–Kier alpha value is -1.86. The average Bonchev–Trinajstić information content (AvgIpc) is 2.82. The van der Waals surface area contributed by atoms with Gasteiger partial charge in [-0.25, -0.2) is 0 Å². The lowest BCUT2D eigenvalue weighted by atomic mass is 10.2. The van der Waals surface area contributed by atoms with Gasteiger partial charge in [-0.1, -0.05) is 42.2 Å². The fraction of sp³-hybridized carbons (Fsp3) is 0.353. The molecule has 1 saturated heterocycles. The number of thiocarbonyl (C=S) groups is 1. The number of hydrogen-bond donors (Lipinski definition) is 0. The topological polar surface area (TPSA) is 55.8 Å². The number of esters is 1. The number of ether oxygens (including phenoxy) is 2. The first-order valence-corrected chi connectivity index (χ1v) is 8.92. The van der Waals surface area contributed by atoms with Gasteiger partial charge in [0, 0.05) is 12.1 Å². The molecule has 0 saturated carbocycles. The third-order valence-corrected chi connectivity index (χ3v) is 4.60. The number of rotatable bonds is 7. The Labute approximate surface area is 151 Å². The van der Waals surface area contributed by atoms with Gasteiger partial charge in [-0.2, -0.15) is 0 Å². The van der Waals surface area contributed by atoms with E-state index in [4.69, 9.17) is 21.7 Å². The summed E-state index contributed by atoms with van der Waals surface area (Å²) in [4.78, 5) is 25.9. The zero-order valence-electron chi connectivity index (χ0n) is 13.6. The Morgan fingerprint density at radius 2 is 2.04 bits per heavy atom. The first-order valence-electron chi connectivity index (χ1n) is 7.69. The first kappa shape index (κ1) is 18.5. The molecule has 1 aromatic rings. The van der Waals surface area contributed by atoms with Crippen molar-refractivity contribution in [2.45, 2.75) is 20.3 Å². The van der Waals surface area contributed by atoms with Crippen LogP contribution in [0.25, 0.3) is 6.08 Å². The number of para-hydroxylation sites is 1. The van der Waals surface area contributed by atoms with Crippen molar-refractivity contribution in [3.63, 3.8) is 0 Å². The second-order valence-corrected chi connectivity index (χ2v) is 6.53. The van der Waals surface area contributed by atoms with E-state index in [1.54, 1.807) is 13.0 Å². The minimum atomic E-state index is -0.336. The van der Waals surface area contributed by atoms with E-state index in [1.165, 1.54) is 16.7 Å². The maximum Gasteiger partial charge on any atom is 0.307 e. The zero-order chi connectivity index (χ0) is 17.5. The largest absolute Gasteiger partial charge is 0.493 e. The highest BCUT2D eigenvalue weighted by Crippen LogP contribution is 2.34. The molecule has 1 aliphatic rings. The molecule has 7 heteroatoms. The van der Waals surface area contributed by atoms with Gasteiger partial charge < -0.3 is 9.47 Å². The van der Waals surface area contributed by atoms with Gasteiger partial charge in [-0.3, -0.25) is 14.5 Å². The van der Waals surface area contributed by atoms with Crippen molar-refractivity contribution in [2.75, 3.05) is 19.8 Å². The van der Waals surface area contributed by atoms with Crippen LogP contribution in [0, 0.1) is 0 Å². The normalized spacial score (nSPS) is 15.9. The van der Waals surface area contributed by atoms with Gasteiger partial charge in [0.05, 0.1) is 24.5 Å². The molecule has 0 aromatic heterocycles. The van der Waals surface area contributed by atoms with Crippen molar-refractivity contribution >= 4 is 46.3 Å². The third-order valence-electron chi connectivity index (χ3n) is 3.22. The van der Waals surface area contributed by atoms with E-state index >= 15 is 0 Å². The molecule has 128 valence electrons. The smallest absolute Gasteiger partial charge is 0.307 e. The van der Waals surface area contributed by atoms with Gasteiger partial charge >= 0.3 is 5.97 Å². The average molecular weight is 365 g/mol. The molecule has 0 radical (unpaired) electrons. The van der Waals surface area contributed by atoms with E-state index in [0.29, 0.717) is 22.4 Å². The highest BCUT2D eigenvalue weighted by atomic mass is 32.2. The summed E-state index contributed by atoms with van der Waals surface area (Å²) in [5.41, 5.74) is 0.824. The van der Waals surface area contributed by atoms with Crippen molar-refractivity contribution in [1.82, 2.24) is 4.90 Å². The Balaban J connectivity index is 2.12. The van der Waals surface area contributed by atoms with E-state index in [1.807, 2.05) is 31.2 Å². The molecule has 0 atom stereocenters. The number of carbonyl (C=O) groups excluding carboxylic acids is 2. The van der Waals surface area contributed by atoms with Crippen LogP contribution in [-0.4, -0.2) is 40.9 Å². The molecular weight excluding hydrogens is 346 g/mol. The summed E-state index contributed by atoms with van der Waals surface area (Å²) in [6.07, 6.45) is 1.90. The molecule has 1 aliphatic heterocycles. The molecule has 1 heterocycles. The van der Waals surface area contributed by atoms with Gasteiger partial charge in [0.2, 0.25) is 0 Å². The van der Waals surface area contributed by atoms with E-state index in [-0.39, 0.29) is 24.8 Å². The van der Waals surface area contributed by atoms with Crippen LogP contribution in [-0.2, 0) is 14.3 Å². The monoisotopic (exact) mass is 365 g/mol. The summed E-state index contributed by atoms with van der Waals surface area (Å²) in [5.74, 6) is 0.189. The lowest BCUT2D eigenvalue weighted by Gasteiger charge is -2.13. The van der Waals surface area contributed by atoms with E-state index in [0.717, 1.165) is 11.3 Å². The van der Waals surface area contributed by atoms with Crippen molar-refractivity contribution in [3.05, 3.63) is 34.7 Å². The standard InChI is InChI=1S/C17H19NO4S2/c1-3-21-13-8-6-5-7-12(13)11-14-16(20)18(17(23)24-14)10-9-15(19)22-4-2/h5-8,11H,3-4,9-10H2,1-2H3/b14-11-. The first-order chi connectivity index (χ1) is 11.6. The Morgan fingerprint density at radius 3 is 2.75 bits per heavy atom. The van der Waals surface area contributed by atoms with Gasteiger partial charge in [-0.15, -0.1) is 0 Å². The molecule has 1 aromatic carbocycles. The summed E-state index contributed by atoms with van der Waals surface area (Å²) < 4.78 is 10.9. The predicted octanol–water partition coefficient (Wildman–Crippen LogP) is 3.24.